The smallest absolute Gasteiger partial charge is 0.249 e. The second-order valence-corrected chi connectivity index (χ2v) is 9.33. The fourth-order valence-electron chi connectivity index (χ4n) is 4.15. The van der Waals surface area contributed by atoms with E-state index in [0.717, 1.165) is 31.2 Å². The van der Waals surface area contributed by atoms with E-state index in [1.165, 1.54) is 18.5 Å². The first kappa shape index (κ1) is 23.5. The fourth-order valence-corrected chi connectivity index (χ4v) is 4.42. The van der Waals surface area contributed by atoms with Gasteiger partial charge in [0.05, 0.1) is 46.8 Å². The summed E-state index contributed by atoms with van der Waals surface area (Å²) < 4.78 is 50.4. The summed E-state index contributed by atoms with van der Waals surface area (Å²) in [6.07, 6.45) is 7.43. The highest BCUT2D eigenvalue weighted by Gasteiger charge is 2.32. The Balaban J connectivity index is 1.45. The van der Waals surface area contributed by atoms with E-state index in [4.69, 9.17) is 11.6 Å². The first-order chi connectivity index (χ1) is 19.2. The van der Waals surface area contributed by atoms with Crippen molar-refractivity contribution in [3.63, 3.8) is 0 Å². The predicted octanol–water partition coefficient (Wildman–Crippen LogP) is 5.19. The number of fused-ring (bicyclic) bond motifs is 1. The molecule has 39 heavy (non-hydrogen) atoms. The lowest BCUT2D eigenvalue weighted by atomic mass is 10.0. The standard InChI is InChI=1S/C26H19ClF3N9/c27-19-6-15(35-24(13-1-4-22(29)32-9-13)21-12-39(38-37-21)17-2-3-17)5-18-23(14(8-31)10-33-25(18)19)36-16-7-20(28)26(30)34-11-16/h1,4-7,9-12,17,24,35,37-38H,2-3H2,(H,33,36)/t24-/m1/s1/i24D. The van der Waals surface area contributed by atoms with Crippen LogP contribution in [-0.2, 0) is 0 Å². The molecule has 4 heterocycles. The largest absolute Gasteiger partial charge is 0.373 e. The van der Waals surface area contributed by atoms with Crippen LogP contribution in [0.1, 0.15) is 31.4 Å². The van der Waals surface area contributed by atoms with Crippen LogP contribution in [0.2, 0.25) is 5.02 Å². The van der Waals surface area contributed by atoms with Crippen molar-refractivity contribution in [1.29, 1.82) is 5.26 Å². The summed E-state index contributed by atoms with van der Waals surface area (Å²) >= 11 is 6.60. The van der Waals surface area contributed by atoms with Crippen LogP contribution in [0.3, 0.4) is 0 Å². The molecule has 4 aromatic rings. The number of benzene rings is 1. The SMILES string of the molecule is [2H][C@](Nc1cc(Cl)c2ncc(C#N)c(Nc3cnc(F)c(F)c3)c2c1)(C1=CN(C2CC2)NN1)c1ccc(F)nc1. The zero-order valence-electron chi connectivity index (χ0n) is 20.9. The van der Waals surface area contributed by atoms with E-state index in [9.17, 15) is 19.8 Å². The number of nitrogens with one attached hydrogen (secondary N) is 4. The average molecular weight is 551 g/mol. The van der Waals surface area contributed by atoms with Crippen LogP contribution < -0.4 is 21.6 Å². The molecule has 4 N–H and O–H groups in total. The number of pyridine rings is 3. The first-order valence-corrected chi connectivity index (χ1v) is 12.2. The van der Waals surface area contributed by atoms with Gasteiger partial charge in [0, 0.05) is 41.8 Å². The number of aromatic nitrogens is 3. The maximum Gasteiger partial charge on any atom is 0.249 e. The molecule has 196 valence electrons. The highest BCUT2D eigenvalue weighted by atomic mass is 35.5. The van der Waals surface area contributed by atoms with Gasteiger partial charge in [0.1, 0.15) is 6.07 Å². The van der Waals surface area contributed by atoms with E-state index in [-0.39, 0.29) is 22.0 Å². The predicted molar refractivity (Wildman–Crippen MR) is 139 cm³/mol. The fraction of sp³-hybridized carbons (Fsp3) is 0.154. The lowest BCUT2D eigenvalue weighted by Gasteiger charge is -2.22. The first-order valence-electron chi connectivity index (χ1n) is 12.3. The number of rotatable bonds is 7. The molecule has 1 saturated carbocycles. The number of anilines is 3. The second-order valence-electron chi connectivity index (χ2n) is 8.92. The Hall–Kier alpha value is -4.60. The molecule has 0 unspecified atom stereocenters. The number of nitriles is 1. The molecule has 1 aromatic carbocycles. The number of hydrogen-bond donors (Lipinski definition) is 4. The molecular weight excluding hydrogens is 531 g/mol. The minimum absolute atomic E-state index is 0.0937. The van der Waals surface area contributed by atoms with Gasteiger partial charge < -0.3 is 16.1 Å². The van der Waals surface area contributed by atoms with E-state index < -0.39 is 23.7 Å². The van der Waals surface area contributed by atoms with Gasteiger partial charge in [-0.3, -0.25) is 9.99 Å². The van der Waals surface area contributed by atoms with E-state index >= 15 is 0 Å². The normalized spacial score (nSPS) is 16.6. The van der Waals surface area contributed by atoms with E-state index in [0.29, 0.717) is 33.9 Å². The molecule has 0 spiro atoms. The summed E-state index contributed by atoms with van der Waals surface area (Å²) in [5.74, 6) is -3.12. The number of nitrogens with zero attached hydrogens (tertiary/aromatic N) is 5. The van der Waals surface area contributed by atoms with Gasteiger partial charge >= 0.3 is 0 Å². The molecule has 1 aliphatic heterocycles. The Bertz CT molecular complexity index is 1710. The molecule has 13 heteroatoms. The van der Waals surface area contributed by atoms with Crippen molar-refractivity contribution in [2.45, 2.75) is 24.9 Å². The van der Waals surface area contributed by atoms with Crippen LogP contribution >= 0.6 is 11.6 Å². The zero-order chi connectivity index (χ0) is 28.0. The molecule has 1 fully saturated rings. The van der Waals surface area contributed by atoms with Crippen LogP contribution in [0.15, 0.2) is 60.8 Å². The monoisotopic (exact) mass is 550 g/mol. The summed E-state index contributed by atoms with van der Waals surface area (Å²) in [6, 6.07) is 7.34. The third-order valence-electron chi connectivity index (χ3n) is 6.19. The van der Waals surface area contributed by atoms with Crippen molar-refractivity contribution >= 4 is 39.6 Å². The van der Waals surface area contributed by atoms with Crippen molar-refractivity contribution in [3.05, 3.63) is 94.7 Å². The van der Waals surface area contributed by atoms with Gasteiger partial charge in [-0.2, -0.15) is 14.0 Å². The van der Waals surface area contributed by atoms with E-state index in [1.807, 2.05) is 11.1 Å². The molecule has 1 aliphatic carbocycles. The van der Waals surface area contributed by atoms with Crippen molar-refractivity contribution in [1.82, 2.24) is 30.9 Å². The maximum absolute atomic E-state index is 13.9. The van der Waals surface area contributed by atoms with E-state index in [2.05, 4.69) is 36.5 Å². The Kier molecular flexibility index (Phi) is 5.99. The summed E-state index contributed by atoms with van der Waals surface area (Å²) in [7, 11) is 0. The summed E-state index contributed by atoms with van der Waals surface area (Å²) in [5, 5.41) is 18.2. The Morgan fingerprint density at radius 2 is 1.95 bits per heavy atom. The molecule has 0 radical (unpaired) electrons. The number of hydrazine groups is 2. The van der Waals surface area contributed by atoms with Crippen LogP contribution in [0.5, 0.6) is 0 Å². The van der Waals surface area contributed by atoms with Gasteiger partial charge in [-0.15, -0.1) is 5.53 Å². The molecule has 0 bridgehead atoms. The molecule has 1 atom stereocenters. The van der Waals surface area contributed by atoms with Gasteiger partial charge in [0.25, 0.3) is 0 Å². The molecule has 9 nitrogen and oxygen atoms in total. The third-order valence-corrected chi connectivity index (χ3v) is 6.48. The third kappa shape index (κ3) is 4.97. The van der Waals surface area contributed by atoms with Gasteiger partial charge in [-0.25, -0.2) is 14.4 Å². The number of hydrogen-bond acceptors (Lipinski definition) is 9. The highest BCUT2D eigenvalue weighted by molar-refractivity contribution is 6.36. The molecule has 0 amide bonds. The van der Waals surface area contributed by atoms with Crippen molar-refractivity contribution in [2.24, 2.45) is 0 Å². The lowest BCUT2D eigenvalue weighted by molar-refractivity contribution is 0.260. The second kappa shape index (κ2) is 9.94. The van der Waals surface area contributed by atoms with Crippen LogP contribution in [0.4, 0.5) is 30.2 Å². The summed E-state index contributed by atoms with van der Waals surface area (Å²) in [4.78, 5) is 11.4. The molecule has 0 saturated heterocycles. The summed E-state index contributed by atoms with van der Waals surface area (Å²) in [5.41, 5.74) is 7.90. The molecular formula is C26H19ClF3N9. The highest BCUT2D eigenvalue weighted by Crippen LogP contribution is 2.37. The van der Waals surface area contributed by atoms with Crippen molar-refractivity contribution in [3.8, 4) is 6.07 Å². The summed E-state index contributed by atoms with van der Waals surface area (Å²) in [6.45, 7) is 0. The van der Waals surface area contributed by atoms with Crippen LogP contribution in [0, 0.1) is 29.0 Å². The Morgan fingerprint density at radius 1 is 1.10 bits per heavy atom. The van der Waals surface area contributed by atoms with Gasteiger partial charge in [-0.1, -0.05) is 17.7 Å². The van der Waals surface area contributed by atoms with E-state index in [1.54, 1.807) is 18.3 Å². The van der Waals surface area contributed by atoms with Crippen molar-refractivity contribution < 1.29 is 14.5 Å². The Morgan fingerprint density at radius 3 is 2.67 bits per heavy atom. The minimum atomic E-state index is -1.69. The average Bonchev–Trinajstić information content (AvgIpc) is 3.67. The topological polar surface area (TPSA) is 114 Å². The van der Waals surface area contributed by atoms with Crippen molar-refractivity contribution in [2.75, 3.05) is 10.6 Å². The minimum Gasteiger partial charge on any atom is -0.373 e. The lowest BCUT2D eigenvalue weighted by Crippen LogP contribution is -2.38. The maximum atomic E-state index is 13.9. The van der Waals surface area contributed by atoms with Crippen LogP contribution in [0.25, 0.3) is 10.9 Å². The quantitative estimate of drug-likeness (QED) is 0.231. The van der Waals surface area contributed by atoms with Gasteiger partial charge in [0.2, 0.25) is 11.9 Å². The molecule has 3 aromatic heterocycles. The molecule has 2 aliphatic rings. The van der Waals surface area contributed by atoms with Crippen LogP contribution in [-0.4, -0.2) is 26.0 Å². The Labute approximate surface area is 226 Å². The zero-order valence-corrected chi connectivity index (χ0v) is 20.7. The molecule has 6 rings (SSSR count). The van der Waals surface area contributed by atoms with Gasteiger partial charge in [0.15, 0.2) is 5.82 Å². The number of halogens is 4. The van der Waals surface area contributed by atoms with Gasteiger partial charge in [-0.05, 0) is 36.6 Å².